The predicted molar refractivity (Wildman–Crippen MR) is 140 cm³/mol. The number of carbonyl (C=O) groups is 1. The summed E-state index contributed by atoms with van der Waals surface area (Å²) < 4.78 is 5.43. The molecule has 5 rings (SSSR count). The molecule has 0 unspecified atom stereocenters. The predicted octanol–water partition coefficient (Wildman–Crippen LogP) is 5.09. The Morgan fingerprint density at radius 1 is 0.914 bits per heavy atom. The van der Waals surface area contributed by atoms with E-state index in [9.17, 15) is 4.79 Å². The van der Waals surface area contributed by atoms with Crippen molar-refractivity contribution in [1.82, 2.24) is 15.2 Å². The topological polar surface area (TPSA) is 54.5 Å². The van der Waals surface area contributed by atoms with E-state index >= 15 is 0 Å². The van der Waals surface area contributed by atoms with E-state index in [1.807, 2.05) is 66.0 Å². The average molecular weight is 484 g/mol. The first-order valence-corrected chi connectivity index (χ1v) is 12.9. The maximum absolute atomic E-state index is 13.0. The van der Waals surface area contributed by atoms with Crippen molar-refractivity contribution in [2.24, 2.45) is 0 Å². The number of nitrogens with zero attached hydrogens (tertiary/aromatic N) is 2. The number of thiazole rings is 1. The lowest BCUT2D eigenvalue weighted by Crippen LogP contribution is -2.35. The van der Waals surface area contributed by atoms with E-state index < -0.39 is 0 Å². The Labute approximate surface area is 210 Å². The third-order valence-corrected chi connectivity index (χ3v) is 7.12. The minimum atomic E-state index is -0.193. The van der Waals surface area contributed by atoms with Gasteiger partial charge in [0.1, 0.15) is 5.01 Å². The van der Waals surface area contributed by atoms with Crippen molar-refractivity contribution in [2.45, 2.75) is 19.0 Å². The molecule has 1 aliphatic rings. The molecule has 1 aromatic heterocycles. The zero-order chi connectivity index (χ0) is 23.9. The number of aromatic nitrogens is 1. The Balaban J connectivity index is 1.23. The molecule has 3 aromatic carbocycles. The first kappa shape index (κ1) is 23.4. The molecular formula is C29H29N3O2S. The molecule has 5 nitrogen and oxygen atoms in total. The van der Waals surface area contributed by atoms with Crippen molar-refractivity contribution in [2.75, 3.05) is 26.3 Å². The van der Waals surface area contributed by atoms with Gasteiger partial charge in [-0.15, -0.1) is 11.3 Å². The summed E-state index contributed by atoms with van der Waals surface area (Å²) in [6.07, 6.45) is 0.252. The monoisotopic (exact) mass is 483 g/mol. The number of rotatable bonds is 8. The first-order chi connectivity index (χ1) is 17.2. The number of benzene rings is 3. The maximum Gasteiger partial charge on any atom is 0.226 e. The molecular weight excluding hydrogens is 454 g/mol. The highest BCUT2D eigenvalue weighted by molar-refractivity contribution is 7.13. The smallest absolute Gasteiger partial charge is 0.226 e. The molecule has 0 bridgehead atoms. The second kappa shape index (κ2) is 11.4. The van der Waals surface area contributed by atoms with Gasteiger partial charge >= 0.3 is 0 Å². The highest BCUT2D eigenvalue weighted by atomic mass is 32.1. The molecule has 0 aliphatic carbocycles. The Morgan fingerprint density at radius 2 is 1.54 bits per heavy atom. The second-order valence-electron chi connectivity index (χ2n) is 8.73. The van der Waals surface area contributed by atoms with E-state index in [0.717, 1.165) is 60.2 Å². The second-order valence-corrected chi connectivity index (χ2v) is 9.59. The van der Waals surface area contributed by atoms with Crippen LogP contribution in [0.3, 0.4) is 0 Å². The zero-order valence-corrected chi connectivity index (χ0v) is 20.4. The SMILES string of the molecule is O=C(Cc1csc(-c2ccc(CN3CCOCC3)cc2)n1)NC(c1ccccc1)c1ccccc1. The van der Waals surface area contributed by atoms with E-state index in [1.54, 1.807) is 11.3 Å². The highest BCUT2D eigenvalue weighted by Crippen LogP contribution is 2.26. The van der Waals surface area contributed by atoms with Crippen LogP contribution in [0.1, 0.15) is 28.4 Å². The lowest BCUT2D eigenvalue weighted by Gasteiger charge is -2.26. The number of hydrogen-bond donors (Lipinski definition) is 1. The number of carbonyl (C=O) groups excluding carboxylic acids is 1. The van der Waals surface area contributed by atoms with Gasteiger partial charge in [0, 0.05) is 30.6 Å². The van der Waals surface area contributed by atoms with Gasteiger partial charge in [-0.3, -0.25) is 9.69 Å². The summed E-state index contributed by atoms with van der Waals surface area (Å²) in [6.45, 7) is 4.52. The third-order valence-electron chi connectivity index (χ3n) is 6.18. The summed E-state index contributed by atoms with van der Waals surface area (Å²) in [5.41, 5.74) is 5.28. The fourth-order valence-electron chi connectivity index (χ4n) is 4.32. The van der Waals surface area contributed by atoms with Crippen LogP contribution in [-0.4, -0.2) is 42.1 Å². The molecule has 1 amide bonds. The Bertz CT molecular complexity index is 1180. The van der Waals surface area contributed by atoms with E-state index in [1.165, 1.54) is 5.56 Å². The molecule has 178 valence electrons. The fourth-order valence-corrected chi connectivity index (χ4v) is 5.14. The van der Waals surface area contributed by atoms with Gasteiger partial charge in [-0.25, -0.2) is 4.98 Å². The largest absolute Gasteiger partial charge is 0.379 e. The normalized spacial score (nSPS) is 14.2. The van der Waals surface area contributed by atoms with Gasteiger partial charge in [0.15, 0.2) is 0 Å². The Kier molecular flexibility index (Phi) is 7.63. The van der Waals surface area contributed by atoms with Gasteiger partial charge in [0.25, 0.3) is 0 Å². The van der Waals surface area contributed by atoms with Gasteiger partial charge in [0.2, 0.25) is 5.91 Å². The number of morpholine rings is 1. The number of amides is 1. The number of nitrogens with one attached hydrogen (secondary N) is 1. The molecule has 0 atom stereocenters. The summed E-state index contributed by atoms with van der Waals surface area (Å²) in [7, 11) is 0. The van der Waals surface area contributed by atoms with Gasteiger partial charge in [0.05, 0.1) is 31.4 Å². The summed E-state index contributed by atoms with van der Waals surface area (Å²) in [6, 6.07) is 28.5. The first-order valence-electron chi connectivity index (χ1n) is 12.0. The van der Waals surface area contributed by atoms with Crippen LogP contribution in [0.5, 0.6) is 0 Å². The van der Waals surface area contributed by atoms with E-state index in [4.69, 9.17) is 9.72 Å². The molecule has 6 heteroatoms. The van der Waals surface area contributed by atoms with Crippen LogP contribution in [0.25, 0.3) is 10.6 Å². The molecule has 4 aromatic rings. The molecule has 1 fully saturated rings. The fraction of sp³-hybridized carbons (Fsp3) is 0.241. The van der Waals surface area contributed by atoms with Gasteiger partial charge in [-0.2, -0.15) is 0 Å². The van der Waals surface area contributed by atoms with Crippen LogP contribution in [0, 0.1) is 0 Å². The highest BCUT2D eigenvalue weighted by Gasteiger charge is 2.18. The molecule has 0 spiro atoms. The van der Waals surface area contributed by atoms with Crippen molar-refractivity contribution in [3.63, 3.8) is 0 Å². The van der Waals surface area contributed by atoms with Gasteiger partial charge in [-0.05, 0) is 16.7 Å². The number of hydrogen-bond acceptors (Lipinski definition) is 5. The van der Waals surface area contributed by atoms with Crippen LogP contribution in [-0.2, 0) is 22.5 Å². The minimum Gasteiger partial charge on any atom is -0.379 e. The quantitative estimate of drug-likeness (QED) is 0.379. The third kappa shape index (κ3) is 6.22. The molecule has 0 radical (unpaired) electrons. The Morgan fingerprint density at radius 3 is 2.17 bits per heavy atom. The summed E-state index contributed by atoms with van der Waals surface area (Å²) >= 11 is 1.58. The van der Waals surface area contributed by atoms with E-state index in [0.29, 0.717) is 0 Å². The van der Waals surface area contributed by atoms with Crippen molar-refractivity contribution >= 4 is 17.2 Å². The summed E-state index contributed by atoms with van der Waals surface area (Å²) in [5, 5.41) is 6.13. The van der Waals surface area contributed by atoms with Crippen LogP contribution in [0.4, 0.5) is 0 Å². The van der Waals surface area contributed by atoms with Crippen molar-refractivity contribution in [3.8, 4) is 10.6 Å². The van der Waals surface area contributed by atoms with Crippen LogP contribution in [0.15, 0.2) is 90.3 Å². The van der Waals surface area contributed by atoms with Crippen molar-refractivity contribution in [3.05, 3.63) is 113 Å². The van der Waals surface area contributed by atoms with Gasteiger partial charge in [-0.1, -0.05) is 84.9 Å². The molecule has 35 heavy (non-hydrogen) atoms. The standard InChI is InChI=1S/C29H29N3O2S/c33-27(31-28(23-7-3-1-4-8-23)24-9-5-2-6-10-24)19-26-21-35-29(30-26)25-13-11-22(12-14-25)20-32-15-17-34-18-16-32/h1-14,21,28H,15-20H2,(H,31,33). The average Bonchev–Trinajstić information content (AvgIpc) is 3.38. The van der Waals surface area contributed by atoms with Crippen LogP contribution < -0.4 is 5.32 Å². The van der Waals surface area contributed by atoms with E-state index in [-0.39, 0.29) is 18.4 Å². The molecule has 0 saturated carbocycles. The zero-order valence-electron chi connectivity index (χ0n) is 19.6. The summed E-state index contributed by atoms with van der Waals surface area (Å²) in [5.74, 6) is -0.0413. The number of ether oxygens (including phenoxy) is 1. The van der Waals surface area contributed by atoms with E-state index in [2.05, 4.69) is 34.5 Å². The summed E-state index contributed by atoms with van der Waals surface area (Å²) in [4.78, 5) is 20.2. The van der Waals surface area contributed by atoms with Gasteiger partial charge < -0.3 is 10.1 Å². The lowest BCUT2D eigenvalue weighted by molar-refractivity contribution is -0.121. The Hall–Kier alpha value is -3.32. The van der Waals surface area contributed by atoms with Crippen molar-refractivity contribution in [1.29, 1.82) is 0 Å². The molecule has 2 heterocycles. The molecule has 1 saturated heterocycles. The van der Waals surface area contributed by atoms with Crippen molar-refractivity contribution < 1.29 is 9.53 Å². The molecule has 1 aliphatic heterocycles. The molecule has 1 N–H and O–H groups in total. The minimum absolute atomic E-state index is 0.0413. The van der Waals surface area contributed by atoms with Crippen LogP contribution >= 0.6 is 11.3 Å². The van der Waals surface area contributed by atoms with Crippen LogP contribution in [0.2, 0.25) is 0 Å². The maximum atomic E-state index is 13.0. The lowest BCUT2D eigenvalue weighted by atomic mass is 9.98.